The fourth-order valence-corrected chi connectivity index (χ4v) is 2.16. The van der Waals surface area contributed by atoms with E-state index in [1.54, 1.807) is 0 Å². The molecule has 0 spiro atoms. The Bertz CT molecular complexity index is 362. The molecule has 1 aromatic rings. The average Bonchev–Trinajstić information content (AvgIpc) is 2.12. The lowest BCUT2D eigenvalue weighted by Crippen LogP contribution is -2.33. The van der Waals surface area contributed by atoms with Gasteiger partial charge in [-0.1, -0.05) is 28.1 Å². The van der Waals surface area contributed by atoms with E-state index < -0.39 is 0 Å². The number of benzene rings is 1. The summed E-state index contributed by atoms with van der Waals surface area (Å²) in [6, 6.07) is 5.99. The molecule has 3 heteroatoms. The minimum Gasteiger partial charge on any atom is -0.351 e. The van der Waals surface area contributed by atoms with Crippen LogP contribution in [0.4, 0.5) is 0 Å². The van der Waals surface area contributed by atoms with Crippen LogP contribution in [0.1, 0.15) is 24.0 Å². The maximum absolute atomic E-state index is 11.3. The molecular formula is C10H10BrNO. The number of carbonyl (C=O) groups is 1. The third-order valence-corrected chi connectivity index (χ3v) is 3.20. The van der Waals surface area contributed by atoms with Gasteiger partial charge in [-0.2, -0.15) is 0 Å². The van der Waals surface area contributed by atoms with Gasteiger partial charge in [0, 0.05) is 11.0 Å². The molecule has 1 amide bonds. The van der Waals surface area contributed by atoms with Gasteiger partial charge in [-0.25, -0.2) is 0 Å². The maximum atomic E-state index is 11.3. The Labute approximate surface area is 85.5 Å². The van der Waals surface area contributed by atoms with Crippen molar-refractivity contribution in [2.45, 2.75) is 19.4 Å². The first-order valence-electron chi connectivity index (χ1n) is 4.25. The van der Waals surface area contributed by atoms with Crippen LogP contribution in [0.15, 0.2) is 22.7 Å². The molecule has 1 aliphatic rings. The number of fused-ring (bicyclic) bond motifs is 1. The van der Waals surface area contributed by atoms with Gasteiger partial charge in [0.05, 0.1) is 5.92 Å². The Kier molecular flexibility index (Phi) is 2.12. The number of amides is 1. The molecule has 0 bridgehead atoms. The molecule has 1 aromatic carbocycles. The van der Waals surface area contributed by atoms with Gasteiger partial charge in [0.1, 0.15) is 0 Å². The van der Waals surface area contributed by atoms with Crippen LogP contribution >= 0.6 is 15.9 Å². The molecule has 1 N–H and O–H groups in total. The van der Waals surface area contributed by atoms with Gasteiger partial charge < -0.3 is 5.32 Å². The van der Waals surface area contributed by atoms with Crippen molar-refractivity contribution in [1.29, 1.82) is 0 Å². The highest BCUT2D eigenvalue weighted by Gasteiger charge is 2.23. The maximum Gasteiger partial charge on any atom is 0.227 e. The SMILES string of the molecule is CC1C(=O)NCc2c(Br)cccc21. The molecule has 0 saturated heterocycles. The van der Waals surface area contributed by atoms with E-state index in [1.807, 2.05) is 25.1 Å². The van der Waals surface area contributed by atoms with E-state index in [4.69, 9.17) is 0 Å². The summed E-state index contributed by atoms with van der Waals surface area (Å²) in [6.45, 7) is 2.57. The first kappa shape index (κ1) is 8.75. The molecule has 0 radical (unpaired) electrons. The molecule has 2 rings (SSSR count). The smallest absolute Gasteiger partial charge is 0.227 e. The van der Waals surface area contributed by atoms with Crippen LogP contribution in [-0.2, 0) is 11.3 Å². The molecule has 68 valence electrons. The van der Waals surface area contributed by atoms with Crippen molar-refractivity contribution in [3.63, 3.8) is 0 Å². The van der Waals surface area contributed by atoms with Gasteiger partial charge in [0.2, 0.25) is 5.91 Å². The van der Waals surface area contributed by atoms with E-state index in [-0.39, 0.29) is 11.8 Å². The normalized spacial score (nSPS) is 20.8. The lowest BCUT2D eigenvalue weighted by Gasteiger charge is -2.23. The lowest BCUT2D eigenvalue weighted by molar-refractivity contribution is -0.122. The largest absolute Gasteiger partial charge is 0.351 e. The standard InChI is InChI=1S/C10H10BrNO/c1-6-7-3-2-4-9(11)8(7)5-12-10(6)13/h2-4,6H,5H2,1H3,(H,12,13). The van der Waals surface area contributed by atoms with Crippen molar-refractivity contribution in [2.75, 3.05) is 0 Å². The summed E-state index contributed by atoms with van der Waals surface area (Å²) in [6.07, 6.45) is 0. The highest BCUT2D eigenvalue weighted by molar-refractivity contribution is 9.10. The Morgan fingerprint density at radius 1 is 1.54 bits per heavy atom. The van der Waals surface area contributed by atoms with E-state index in [0.29, 0.717) is 6.54 Å². The minimum atomic E-state index is -0.0266. The molecule has 1 atom stereocenters. The Morgan fingerprint density at radius 3 is 3.08 bits per heavy atom. The number of rotatable bonds is 0. The van der Waals surface area contributed by atoms with Crippen LogP contribution in [0, 0.1) is 0 Å². The Balaban J connectivity index is 2.55. The zero-order valence-corrected chi connectivity index (χ0v) is 8.89. The number of hydrogen-bond acceptors (Lipinski definition) is 1. The minimum absolute atomic E-state index is 0.0266. The molecule has 0 aliphatic carbocycles. The molecule has 1 aliphatic heterocycles. The Hall–Kier alpha value is -0.830. The molecule has 1 heterocycles. The fraction of sp³-hybridized carbons (Fsp3) is 0.300. The van der Waals surface area contributed by atoms with Gasteiger partial charge >= 0.3 is 0 Å². The summed E-state index contributed by atoms with van der Waals surface area (Å²) in [5, 5.41) is 2.86. The van der Waals surface area contributed by atoms with E-state index in [1.165, 1.54) is 5.56 Å². The summed E-state index contributed by atoms with van der Waals surface area (Å²) < 4.78 is 1.08. The molecule has 0 fully saturated rings. The van der Waals surface area contributed by atoms with Crippen LogP contribution < -0.4 is 5.32 Å². The quantitative estimate of drug-likeness (QED) is 0.739. The summed E-state index contributed by atoms with van der Waals surface area (Å²) in [4.78, 5) is 11.3. The van der Waals surface area contributed by atoms with Gasteiger partial charge in [0.25, 0.3) is 0 Å². The molecule has 0 saturated carbocycles. The molecule has 13 heavy (non-hydrogen) atoms. The van der Waals surface area contributed by atoms with E-state index in [2.05, 4.69) is 21.2 Å². The number of halogens is 1. The topological polar surface area (TPSA) is 29.1 Å². The van der Waals surface area contributed by atoms with Crippen LogP contribution in [0.5, 0.6) is 0 Å². The molecule has 2 nitrogen and oxygen atoms in total. The predicted octanol–water partition coefficient (Wildman–Crippen LogP) is 2.18. The zero-order valence-electron chi connectivity index (χ0n) is 7.30. The highest BCUT2D eigenvalue weighted by Crippen LogP contribution is 2.29. The lowest BCUT2D eigenvalue weighted by atomic mass is 9.92. The molecular weight excluding hydrogens is 230 g/mol. The summed E-state index contributed by atoms with van der Waals surface area (Å²) in [7, 11) is 0. The van der Waals surface area contributed by atoms with Gasteiger partial charge in [-0.15, -0.1) is 0 Å². The van der Waals surface area contributed by atoms with Crippen molar-refractivity contribution >= 4 is 21.8 Å². The van der Waals surface area contributed by atoms with E-state index in [0.717, 1.165) is 10.0 Å². The van der Waals surface area contributed by atoms with E-state index in [9.17, 15) is 4.79 Å². The second kappa shape index (κ2) is 3.14. The third kappa shape index (κ3) is 1.37. The first-order chi connectivity index (χ1) is 6.20. The zero-order chi connectivity index (χ0) is 9.42. The third-order valence-electron chi connectivity index (χ3n) is 2.45. The molecule has 1 unspecified atom stereocenters. The average molecular weight is 240 g/mol. The summed E-state index contributed by atoms with van der Waals surface area (Å²) in [5.74, 6) is 0.0897. The van der Waals surface area contributed by atoms with Gasteiger partial charge in [-0.05, 0) is 24.1 Å². The first-order valence-corrected chi connectivity index (χ1v) is 5.04. The highest BCUT2D eigenvalue weighted by atomic mass is 79.9. The second-order valence-corrected chi connectivity index (χ2v) is 4.10. The van der Waals surface area contributed by atoms with Crippen LogP contribution in [-0.4, -0.2) is 5.91 Å². The van der Waals surface area contributed by atoms with E-state index >= 15 is 0 Å². The second-order valence-electron chi connectivity index (χ2n) is 3.25. The van der Waals surface area contributed by atoms with Crippen molar-refractivity contribution in [3.8, 4) is 0 Å². The fourth-order valence-electron chi connectivity index (χ4n) is 1.64. The Morgan fingerprint density at radius 2 is 2.31 bits per heavy atom. The molecule has 0 aromatic heterocycles. The van der Waals surface area contributed by atoms with Crippen LogP contribution in [0.2, 0.25) is 0 Å². The van der Waals surface area contributed by atoms with Gasteiger partial charge in [-0.3, -0.25) is 4.79 Å². The van der Waals surface area contributed by atoms with Gasteiger partial charge in [0.15, 0.2) is 0 Å². The predicted molar refractivity (Wildman–Crippen MR) is 54.4 cm³/mol. The number of hydrogen-bond donors (Lipinski definition) is 1. The summed E-state index contributed by atoms with van der Waals surface area (Å²) >= 11 is 3.48. The monoisotopic (exact) mass is 239 g/mol. The summed E-state index contributed by atoms with van der Waals surface area (Å²) in [5.41, 5.74) is 2.34. The van der Waals surface area contributed by atoms with Crippen LogP contribution in [0.25, 0.3) is 0 Å². The van der Waals surface area contributed by atoms with Crippen molar-refractivity contribution < 1.29 is 4.79 Å². The number of carbonyl (C=O) groups excluding carboxylic acids is 1. The van der Waals surface area contributed by atoms with Crippen LogP contribution in [0.3, 0.4) is 0 Å². The van der Waals surface area contributed by atoms with Crippen molar-refractivity contribution in [2.24, 2.45) is 0 Å². The van der Waals surface area contributed by atoms with Crippen molar-refractivity contribution in [3.05, 3.63) is 33.8 Å². The number of nitrogens with one attached hydrogen (secondary N) is 1. The van der Waals surface area contributed by atoms with Crippen molar-refractivity contribution in [1.82, 2.24) is 5.32 Å².